The van der Waals surface area contributed by atoms with E-state index in [1.54, 1.807) is 0 Å². The Morgan fingerprint density at radius 1 is 1.03 bits per heavy atom. The molecule has 6 heteroatoms. The van der Waals surface area contributed by atoms with Gasteiger partial charge in [0.1, 0.15) is 0 Å². The summed E-state index contributed by atoms with van der Waals surface area (Å²) in [6.07, 6.45) is 2.12. The average molecular weight is 409 g/mol. The molecule has 0 radical (unpaired) electrons. The lowest BCUT2D eigenvalue weighted by Crippen LogP contribution is -2.31. The van der Waals surface area contributed by atoms with E-state index in [2.05, 4.69) is 19.2 Å². The number of rotatable bonds is 6. The van der Waals surface area contributed by atoms with Crippen molar-refractivity contribution in [3.8, 4) is 0 Å². The number of benzene rings is 2. The van der Waals surface area contributed by atoms with Crippen molar-refractivity contribution in [2.75, 3.05) is 10.2 Å². The third kappa shape index (κ3) is 4.37. The van der Waals surface area contributed by atoms with E-state index in [-0.39, 0.29) is 30.1 Å². The highest BCUT2D eigenvalue weighted by Gasteiger charge is 2.40. The molecular formula is C23H24N2O3S. The highest BCUT2D eigenvalue weighted by molar-refractivity contribution is 8.00. The molecule has 0 bridgehead atoms. The van der Waals surface area contributed by atoms with Crippen molar-refractivity contribution < 1.29 is 14.4 Å². The number of carbonyl (C=O) groups is 3. The normalized spacial score (nSPS) is 19.1. The van der Waals surface area contributed by atoms with Crippen molar-refractivity contribution in [2.45, 2.75) is 49.2 Å². The van der Waals surface area contributed by atoms with Crippen molar-refractivity contribution in [2.24, 2.45) is 5.92 Å². The molecule has 1 saturated carbocycles. The van der Waals surface area contributed by atoms with Crippen LogP contribution in [0.3, 0.4) is 0 Å². The number of imide groups is 1. The van der Waals surface area contributed by atoms with Crippen LogP contribution in [0.15, 0.2) is 53.4 Å². The fourth-order valence-corrected chi connectivity index (χ4v) is 4.40. The van der Waals surface area contributed by atoms with E-state index in [9.17, 15) is 14.4 Å². The Balaban J connectivity index is 1.41. The largest absolute Gasteiger partial charge is 0.326 e. The quantitative estimate of drug-likeness (QED) is 0.711. The Bertz CT molecular complexity index is 934. The van der Waals surface area contributed by atoms with Gasteiger partial charge in [-0.3, -0.25) is 14.4 Å². The van der Waals surface area contributed by atoms with Crippen LogP contribution in [0.2, 0.25) is 0 Å². The lowest BCUT2D eigenvalue weighted by atomic mass is 10.0. The van der Waals surface area contributed by atoms with E-state index < -0.39 is 5.25 Å². The highest BCUT2D eigenvalue weighted by Crippen LogP contribution is 2.35. The summed E-state index contributed by atoms with van der Waals surface area (Å²) in [4.78, 5) is 39.4. The first-order valence-electron chi connectivity index (χ1n) is 9.96. The van der Waals surface area contributed by atoms with Gasteiger partial charge in [-0.05, 0) is 60.7 Å². The molecule has 1 saturated heterocycles. The number of hydrogen-bond acceptors (Lipinski definition) is 4. The van der Waals surface area contributed by atoms with Crippen molar-refractivity contribution >= 4 is 40.9 Å². The second kappa shape index (κ2) is 8.03. The first kappa shape index (κ1) is 19.7. The van der Waals surface area contributed by atoms with E-state index in [1.165, 1.54) is 22.2 Å². The summed E-state index contributed by atoms with van der Waals surface area (Å²) in [5, 5.41) is 2.47. The van der Waals surface area contributed by atoms with Gasteiger partial charge in [-0.25, -0.2) is 4.90 Å². The van der Waals surface area contributed by atoms with Crippen LogP contribution in [0.1, 0.15) is 44.6 Å². The number of amides is 3. The molecule has 1 atom stereocenters. The monoisotopic (exact) mass is 408 g/mol. The number of nitrogens with zero attached hydrogens (tertiary/aromatic N) is 1. The number of hydrogen-bond donors (Lipinski definition) is 1. The summed E-state index contributed by atoms with van der Waals surface area (Å²) >= 11 is 1.39. The lowest BCUT2D eigenvalue weighted by Gasteiger charge is -2.16. The third-order valence-corrected chi connectivity index (χ3v) is 6.47. The number of anilines is 2. The van der Waals surface area contributed by atoms with Gasteiger partial charge in [-0.15, -0.1) is 11.8 Å². The summed E-state index contributed by atoms with van der Waals surface area (Å²) in [6, 6.07) is 15.1. The van der Waals surface area contributed by atoms with Crippen LogP contribution in [0.4, 0.5) is 11.4 Å². The van der Waals surface area contributed by atoms with Crippen LogP contribution >= 0.6 is 11.8 Å². The van der Waals surface area contributed by atoms with Crippen LogP contribution in [-0.2, 0) is 14.4 Å². The number of thioether (sulfide) groups is 1. The second-order valence-electron chi connectivity index (χ2n) is 7.91. The van der Waals surface area contributed by atoms with Crippen LogP contribution in [-0.4, -0.2) is 23.0 Å². The lowest BCUT2D eigenvalue weighted by molar-refractivity contribution is -0.121. The standard InChI is InChI=1S/C23H24N2O3S/c1-14(2)15-5-9-18(10-6-15)25-21(26)13-20(23(25)28)29-19-11-7-17(8-12-19)24-22(27)16-3-4-16/h5-12,14,16,20H,3-4,13H2,1-2H3,(H,24,27). The molecule has 0 spiro atoms. The molecule has 1 N–H and O–H groups in total. The average Bonchev–Trinajstić information content (AvgIpc) is 3.51. The minimum Gasteiger partial charge on any atom is -0.326 e. The van der Waals surface area contributed by atoms with Gasteiger partial charge in [-0.2, -0.15) is 0 Å². The molecule has 150 valence electrons. The SMILES string of the molecule is CC(C)c1ccc(N2C(=O)CC(Sc3ccc(NC(=O)C4CC4)cc3)C2=O)cc1. The molecule has 2 fully saturated rings. The van der Waals surface area contributed by atoms with E-state index in [0.717, 1.165) is 23.4 Å². The summed E-state index contributed by atoms with van der Waals surface area (Å²) in [7, 11) is 0. The zero-order valence-electron chi connectivity index (χ0n) is 16.6. The van der Waals surface area contributed by atoms with Gasteiger partial charge in [0, 0.05) is 22.9 Å². The van der Waals surface area contributed by atoms with Crippen molar-refractivity contribution in [1.29, 1.82) is 0 Å². The molecule has 5 nitrogen and oxygen atoms in total. The topological polar surface area (TPSA) is 66.5 Å². The molecule has 2 aromatic carbocycles. The molecule has 1 heterocycles. The molecule has 29 heavy (non-hydrogen) atoms. The highest BCUT2D eigenvalue weighted by atomic mass is 32.2. The fourth-order valence-electron chi connectivity index (χ4n) is 3.35. The Morgan fingerprint density at radius 3 is 2.28 bits per heavy atom. The van der Waals surface area contributed by atoms with E-state index >= 15 is 0 Å². The maximum absolute atomic E-state index is 12.9. The van der Waals surface area contributed by atoms with Gasteiger partial charge < -0.3 is 5.32 Å². The number of carbonyl (C=O) groups excluding carboxylic acids is 3. The van der Waals surface area contributed by atoms with Gasteiger partial charge in [0.05, 0.1) is 10.9 Å². The van der Waals surface area contributed by atoms with Crippen LogP contribution in [0.25, 0.3) is 0 Å². The zero-order chi connectivity index (χ0) is 20.5. The molecule has 3 amide bonds. The summed E-state index contributed by atoms with van der Waals surface area (Å²) < 4.78 is 0. The van der Waals surface area contributed by atoms with Crippen molar-refractivity contribution in [3.63, 3.8) is 0 Å². The predicted molar refractivity (Wildman–Crippen MR) is 115 cm³/mol. The minimum atomic E-state index is -0.431. The minimum absolute atomic E-state index is 0.0705. The summed E-state index contributed by atoms with van der Waals surface area (Å²) in [5.74, 6) is 0.281. The van der Waals surface area contributed by atoms with Crippen molar-refractivity contribution in [1.82, 2.24) is 0 Å². The predicted octanol–water partition coefficient (Wildman–Crippen LogP) is 4.58. The van der Waals surface area contributed by atoms with Crippen LogP contribution < -0.4 is 10.2 Å². The second-order valence-corrected chi connectivity index (χ2v) is 9.19. The maximum Gasteiger partial charge on any atom is 0.247 e. The third-order valence-electron chi connectivity index (χ3n) is 5.27. The first-order valence-corrected chi connectivity index (χ1v) is 10.8. The molecule has 1 aliphatic heterocycles. The van der Waals surface area contributed by atoms with Gasteiger partial charge in [0.25, 0.3) is 0 Å². The molecule has 4 rings (SSSR count). The summed E-state index contributed by atoms with van der Waals surface area (Å²) in [5.41, 5.74) is 2.56. The Labute approximate surface area is 174 Å². The molecule has 2 aliphatic rings. The smallest absolute Gasteiger partial charge is 0.247 e. The fraction of sp³-hybridized carbons (Fsp3) is 0.348. The van der Waals surface area contributed by atoms with Gasteiger partial charge >= 0.3 is 0 Å². The molecule has 1 aliphatic carbocycles. The Morgan fingerprint density at radius 2 is 1.69 bits per heavy atom. The van der Waals surface area contributed by atoms with Gasteiger partial charge in [-0.1, -0.05) is 26.0 Å². The summed E-state index contributed by atoms with van der Waals surface area (Å²) in [6.45, 7) is 4.22. The van der Waals surface area contributed by atoms with Gasteiger partial charge in [0.15, 0.2) is 0 Å². The zero-order valence-corrected chi connectivity index (χ0v) is 17.4. The Hall–Kier alpha value is -2.60. The van der Waals surface area contributed by atoms with Crippen LogP contribution in [0, 0.1) is 5.92 Å². The number of nitrogens with one attached hydrogen (secondary N) is 1. The van der Waals surface area contributed by atoms with E-state index in [1.807, 2.05) is 48.5 Å². The molecule has 0 aromatic heterocycles. The molecular weight excluding hydrogens is 384 g/mol. The van der Waals surface area contributed by atoms with E-state index in [0.29, 0.717) is 11.6 Å². The van der Waals surface area contributed by atoms with Gasteiger partial charge in [0.2, 0.25) is 17.7 Å². The molecule has 1 unspecified atom stereocenters. The van der Waals surface area contributed by atoms with Crippen molar-refractivity contribution in [3.05, 3.63) is 54.1 Å². The Kier molecular flexibility index (Phi) is 5.46. The first-order chi connectivity index (χ1) is 13.9. The maximum atomic E-state index is 12.9. The van der Waals surface area contributed by atoms with Crippen LogP contribution in [0.5, 0.6) is 0 Å². The molecule has 2 aromatic rings. The van der Waals surface area contributed by atoms with E-state index in [4.69, 9.17) is 0 Å².